The molecule has 3 aromatic rings. The number of ether oxygens (including phenoxy) is 1. The number of anilines is 1. The van der Waals surface area contributed by atoms with Crippen LogP contribution in [-0.4, -0.2) is 15.0 Å². The lowest BCUT2D eigenvalue weighted by Crippen LogP contribution is -2.00. The molecule has 0 aliphatic carbocycles. The van der Waals surface area contributed by atoms with E-state index in [9.17, 15) is 4.39 Å². The van der Waals surface area contributed by atoms with Crippen molar-refractivity contribution in [2.24, 2.45) is 0 Å². The summed E-state index contributed by atoms with van der Waals surface area (Å²) in [6.07, 6.45) is 2.73. The van der Waals surface area contributed by atoms with Gasteiger partial charge in [-0.15, -0.1) is 0 Å². The van der Waals surface area contributed by atoms with E-state index >= 15 is 0 Å². The summed E-state index contributed by atoms with van der Waals surface area (Å²) in [5, 5.41) is 0.465. The minimum atomic E-state index is -0.455. The molecule has 6 heteroatoms. The maximum atomic E-state index is 14.5. The van der Waals surface area contributed by atoms with E-state index in [1.165, 1.54) is 12.4 Å². The van der Waals surface area contributed by atoms with Crippen LogP contribution in [0.15, 0.2) is 31.1 Å². The highest BCUT2D eigenvalue weighted by Gasteiger charge is 2.14. The van der Waals surface area contributed by atoms with Gasteiger partial charge in [-0.25, -0.2) is 14.4 Å². The lowest BCUT2D eigenvalue weighted by atomic mass is 10.2. The fourth-order valence-corrected chi connectivity index (χ4v) is 2.14. The second-order valence-corrected chi connectivity index (χ2v) is 4.58. The average Bonchev–Trinajstić information content (AvgIpc) is 2.84. The molecule has 0 bridgehead atoms. The Morgan fingerprint density at radius 2 is 2.19 bits per heavy atom. The lowest BCUT2D eigenvalue weighted by molar-refractivity contribution is 0.429. The van der Waals surface area contributed by atoms with E-state index in [0.29, 0.717) is 16.5 Å². The number of aryl methyl sites for hydroxylation is 1. The zero-order valence-corrected chi connectivity index (χ0v) is 11.4. The van der Waals surface area contributed by atoms with Crippen LogP contribution in [0.4, 0.5) is 10.2 Å². The Morgan fingerprint density at radius 1 is 1.38 bits per heavy atom. The number of aromatic amines is 1. The van der Waals surface area contributed by atoms with Crippen LogP contribution >= 0.6 is 0 Å². The van der Waals surface area contributed by atoms with Crippen LogP contribution in [0.3, 0.4) is 0 Å². The molecule has 3 rings (SSSR count). The Balaban J connectivity index is 2.08. The van der Waals surface area contributed by atoms with Crippen LogP contribution < -0.4 is 10.5 Å². The van der Waals surface area contributed by atoms with Crippen molar-refractivity contribution in [1.29, 1.82) is 0 Å². The van der Waals surface area contributed by atoms with Gasteiger partial charge in [0.15, 0.2) is 11.6 Å². The van der Waals surface area contributed by atoms with Gasteiger partial charge < -0.3 is 15.5 Å². The third kappa shape index (κ3) is 2.20. The fraction of sp³-hybridized carbons (Fsp3) is 0.0667. The first-order valence-corrected chi connectivity index (χ1v) is 6.28. The van der Waals surface area contributed by atoms with Gasteiger partial charge in [0.05, 0.1) is 5.56 Å². The Bertz CT molecular complexity index is 841. The number of nitrogens with one attached hydrogen (secondary N) is 1. The maximum Gasteiger partial charge on any atom is 0.231 e. The molecule has 0 aliphatic heterocycles. The van der Waals surface area contributed by atoms with E-state index in [4.69, 9.17) is 10.5 Å². The normalized spacial score (nSPS) is 10.8. The quantitative estimate of drug-likeness (QED) is 0.772. The molecule has 0 saturated carbocycles. The molecule has 0 aliphatic rings. The molecule has 0 fully saturated rings. The van der Waals surface area contributed by atoms with E-state index in [-0.39, 0.29) is 17.4 Å². The molecular formula is C15H13FN4O. The van der Waals surface area contributed by atoms with Crippen LogP contribution in [0, 0.1) is 12.7 Å². The summed E-state index contributed by atoms with van der Waals surface area (Å²) >= 11 is 0. The van der Waals surface area contributed by atoms with E-state index in [0.717, 1.165) is 5.69 Å². The number of hydrogen-bond acceptors (Lipinski definition) is 4. The Morgan fingerprint density at radius 3 is 2.95 bits per heavy atom. The van der Waals surface area contributed by atoms with Gasteiger partial charge in [-0.05, 0) is 25.1 Å². The van der Waals surface area contributed by atoms with Crippen LogP contribution in [0.2, 0.25) is 0 Å². The molecule has 3 N–H and O–H groups in total. The Kier molecular flexibility index (Phi) is 3.06. The summed E-state index contributed by atoms with van der Waals surface area (Å²) in [5.41, 5.74) is 7.73. The number of rotatable bonds is 3. The first-order valence-electron chi connectivity index (χ1n) is 6.28. The summed E-state index contributed by atoms with van der Waals surface area (Å²) in [4.78, 5) is 10.9. The molecule has 2 aromatic heterocycles. The first kappa shape index (κ1) is 13.1. The number of benzene rings is 1. The third-order valence-corrected chi connectivity index (χ3v) is 3.13. The zero-order valence-electron chi connectivity index (χ0n) is 11.4. The van der Waals surface area contributed by atoms with Crippen LogP contribution in [0.1, 0.15) is 11.3 Å². The first-order chi connectivity index (χ1) is 10.1. The molecule has 0 radical (unpaired) electrons. The van der Waals surface area contributed by atoms with Gasteiger partial charge in [0.1, 0.15) is 12.1 Å². The number of nitrogens with two attached hydrogens (primary N) is 1. The van der Waals surface area contributed by atoms with Crippen LogP contribution in [0.5, 0.6) is 11.6 Å². The van der Waals surface area contributed by atoms with E-state index in [2.05, 4.69) is 21.5 Å². The molecule has 5 nitrogen and oxygen atoms in total. The number of halogens is 1. The van der Waals surface area contributed by atoms with Crippen molar-refractivity contribution < 1.29 is 9.13 Å². The molecule has 106 valence electrons. The molecule has 0 saturated heterocycles. The van der Waals surface area contributed by atoms with Crippen molar-refractivity contribution in [2.75, 3.05) is 5.73 Å². The third-order valence-electron chi connectivity index (χ3n) is 3.13. The largest absolute Gasteiger partial charge is 0.435 e. The van der Waals surface area contributed by atoms with Crippen molar-refractivity contribution in [3.8, 4) is 11.6 Å². The molecule has 0 spiro atoms. The maximum absolute atomic E-state index is 14.5. The Labute approximate surface area is 120 Å². The summed E-state index contributed by atoms with van der Waals surface area (Å²) in [6.45, 7) is 5.49. The number of nitrogen functional groups attached to an aromatic ring is 1. The van der Waals surface area contributed by atoms with Gasteiger partial charge in [-0.3, -0.25) is 0 Å². The number of nitrogens with zero attached hydrogens (tertiary/aromatic N) is 2. The highest BCUT2D eigenvalue weighted by Crippen LogP contribution is 2.32. The second kappa shape index (κ2) is 4.90. The number of fused-ring (bicyclic) bond motifs is 1. The van der Waals surface area contributed by atoms with Gasteiger partial charge in [0, 0.05) is 16.6 Å². The number of hydrogen-bond donors (Lipinski definition) is 2. The number of H-pyrrole nitrogens is 1. The van der Waals surface area contributed by atoms with Crippen LogP contribution in [0.25, 0.3) is 17.0 Å². The predicted octanol–water partition coefficient (Wildman–Crippen LogP) is 3.42. The monoisotopic (exact) mass is 284 g/mol. The highest BCUT2D eigenvalue weighted by atomic mass is 19.1. The van der Waals surface area contributed by atoms with Gasteiger partial charge in [0.25, 0.3) is 0 Å². The van der Waals surface area contributed by atoms with Gasteiger partial charge >= 0.3 is 0 Å². The number of aromatic nitrogens is 3. The van der Waals surface area contributed by atoms with Crippen molar-refractivity contribution in [1.82, 2.24) is 15.0 Å². The molecular weight excluding hydrogens is 271 g/mol. The summed E-state index contributed by atoms with van der Waals surface area (Å²) in [5.74, 6) is 0.0173. The standard InChI is InChI=1S/C15H13FN4O/c1-3-9-14(17)18-7-19-15(9)21-12-5-4-11-10(13(12)16)6-8(2)20-11/h3-7,20H,1H2,2H3,(H2,17,18,19). The minimum Gasteiger partial charge on any atom is -0.435 e. The van der Waals surface area contributed by atoms with Crippen molar-refractivity contribution >= 4 is 22.8 Å². The van der Waals surface area contributed by atoms with Crippen molar-refractivity contribution in [3.63, 3.8) is 0 Å². The Hall–Kier alpha value is -2.89. The molecule has 0 unspecified atom stereocenters. The fourth-order valence-electron chi connectivity index (χ4n) is 2.14. The average molecular weight is 284 g/mol. The van der Waals surface area contributed by atoms with Crippen LogP contribution in [-0.2, 0) is 0 Å². The van der Waals surface area contributed by atoms with E-state index < -0.39 is 5.82 Å². The molecule has 1 aromatic carbocycles. The summed E-state index contributed by atoms with van der Waals surface area (Å²) in [7, 11) is 0. The minimum absolute atomic E-state index is 0.0719. The smallest absolute Gasteiger partial charge is 0.231 e. The van der Waals surface area contributed by atoms with Gasteiger partial charge in [-0.1, -0.05) is 12.7 Å². The van der Waals surface area contributed by atoms with E-state index in [1.54, 1.807) is 18.2 Å². The zero-order chi connectivity index (χ0) is 15.0. The van der Waals surface area contributed by atoms with Crippen molar-refractivity contribution in [2.45, 2.75) is 6.92 Å². The van der Waals surface area contributed by atoms with E-state index in [1.807, 2.05) is 6.92 Å². The summed E-state index contributed by atoms with van der Waals surface area (Å²) in [6, 6.07) is 5.01. The van der Waals surface area contributed by atoms with Crippen molar-refractivity contribution in [3.05, 3.63) is 48.2 Å². The summed E-state index contributed by atoms with van der Waals surface area (Å²) < 4.78 is 20.0. The molecule has 0 atom stereocenters. The second-order valence-electron chi connectivity index (χ2n) is 4.58. The van der Waals surface area contributed by atoms with Gasteiger partial charge in [-0.2, -0.15) is 0 Å². The predicted molar refractivity (Wildman–Crippen MR) is 79.6 cm³/mol. The van der Waals surface area contributed by atoms with Gasteiger partial charge in [0.2, 0.25) is 5.88 Å². The molecule has 21 heavy (non-hydrogen) atoms. The highest BCUT2D eigenvalue weighted by molar-refractivity contribution is 5.83. The topological polar surface area (TPSA) is 76.8 Å². The molecule has 2 heterocycles. The molecule has 0 amide bonds. The SMILES string of the molecule is C=Cc1c(N)ncnc1Oc1ccc2[nH]c(C)cc2c1F. The lowest BCUT2D eigenvalue weighted by Gasteiger charge is -2.09.